The third-order valence-electron chi connectivity index (χ3n) is 3.02. The van der Waals surface area contributed by atoms with Crippen LogP contribution < -0.4 is 0 Å². The normalized spacial score (nSPS) is 20.6. The molecular weight excluding hydrogens is 176 g/mol. The molecule has 0 bridgehead atoms. The van der Waals surface area contributed by atoms with Crippen LogP contribution in [0, 0.1) is 5.92 Å². The Morgan fingerprint density at radius 3 is 2.43 bits per heavy atom. The molecule has 2 rings (SSSR count). The first kappa shape index (κ1) is 9.59. The topological polar surface area (TPSA) is 46.0 Å². The molecule has 1 aliphatic rings. The maximum atomic E-state index is 10.1. The minimum absolute atomic E-state index is 0.364. The van der Waals surface area contributed by atoms with E-state index < -0.39 is 0 Å². The van der Waals surface area contributed by atoms with Crippen LogP contribution in [0.1, 0.15) is 43.8 Å². The Labute approximate surface area is 84.2 Å². The van der Waals surface area contributed by atoms with Gasteiger partial charge in [-0.2, -0.15) is 0 Å². The van der Waals surface area contributed by atoms with E-state index in [0.717, 1.165) is 18.4 Å². The summed E-state index contributed by atoms with van der Waals surface area (Å²) in [6.07, 6.45) is 10.6. The van der Waals surface area contributed by atoms with Crippen LogP contribution in [0.5, 0.6) is 0 Å². The molecule has 1 N–H and O–H groups in total. The van der Waals surface area contributed by atoms with Gasteiger partial charge in [0.2, 0.25) is 0 Å². The summed E-state index contributed by atoms with van der Waals surface area (Å²) in [5.41, 5.74) is 0.861. The number of rotatable bonds is 2. The summed E-state index contributed by atoms with van der Waals surface area (Å²) < 4.78 is 0. The average molecular weight is 192 g/mol. The lowest BCUT2D eigenvalue weighted by molar-refractivity contribution is 0.0842. The van der Waals surface area contributed by atoms with E-state index in [2.05, 4.69) is 9.97 Å². The summed E-state index contributed by atoms with van der Waals surface area (Å²) in [4.78, 5) is 7.86. The van der Waals surface area contributed by atoms with Crippen molar-refractivity contribution in [2.75, 3.05) is 0 Å². The van der Waals surface area contributed by atoms with E-state index in [1.165, 1.54) is 25.6 Å². The summed E-state index contributed by atoms with van der Waals surface area (Å²) in [5.74, 6) is 0.412. The van der Waals surface area contributed by atoms with Crippen molar-refractivity contribution in [1.29, 1.82) is 0 Å². The highest BCUT2D eigenvalue weighted by molar-refractivity contribution is 5.08. The minimum atomic E-state index is -0.364. The lowest BCUT2D eigenvalue weighted by Crippen LogP contribution is -2.16. The van der Waals surface area contributed by atoms with Gasteiger partial charge < -0.3 is 5.11 Å². The van der Waals surface area contributed by atoms with Crippen LogP contribution in [0.25, 0.3) is 0 Å². The van der Waals surface area contributed by atoms with Crippen LogP contribution in [0.4, 0.5) is 0 Å². The Bertz CT molecular complexity index is 270. The number of nitrogens with zero attached hydrogens (tertiary/aromatic N) is 2. The van der Waals surface area contributed by atoms with Gasteiger partial charge in [0.05, 0.1) is 6.10 Å². The molecule has 1 heterocycles. The number of aliphatic hydroxyl groups excluding tert-OH is 1. The second-order valence-electron chi connectivity index (χ2n) is 4.01. The lowest BCUT2D eigenvalue weighted by atomic mass is 9.83. The fourth-order valence-corrected chi connectivity index (χ4v) is 2.19. The molecule has 1 saturated carbocycles. The molecule has 1 fully saturated rings. The Kier molecular flexibility index (Phi) is 3.09. The zero-order valence-electron chi connectivity index (χ0n) is 8.26. The number of aromatic nitrogens is 2. The van der Waals surface area contributed by atoms with E-state index in [4.69, 9.17) is 0 Å². The molecule has 76 valence electrons. The summed E-state index contributed by atoms with van der Waals surface area (Å²) in [6, 6.07) is 0. The molecule has 1 aromatic heterocycles. The van der Waals surface area contributed by atoms with Crippen molar-refractivity contribution >= 4 is 0 Å². The monoisotopic (exact) mass is 192 g/mol. The van der Waals surface area contributed by atoms with Crippen LogP contribution in [0.15, 0.2) is 18.7 Å². The van der Waals surface area contributed by atoms with Gasteiger partial charge in [-0.15, -0.1) is 0 Å². The fraction of sp³-hybridized carbons (Fsp3) is 0.636. The Hall–Kier alpha value is -0.960. The predicted molar refractivity (Wildman–Crippen MR) is 53.6 cm³/mol. The second kappa shape index (κ2) is 4.51. The van der Waals surface area contributed by atoms with E-state index in [1.54, 1.807) is 12.4 Å². The summed E-state index contributed by atoms with van der Waals surface area (Å²) in [7, 11) is 0. The lowest BCUT2D eigenvalue weighted by Gasteiger charge is -2.26. The largest absolute Gasteiger partial charge is 0.388 e. The third kappa shape index (κ3) is 2.10. The number of hydrogen-bond donors (Lipinski definition) is 1. The van der Waals surface area contributed by atoms with Crippen LogP contribution >= 0.6 is 0 Å². The van der Waals surface area contributed by atoms with Gasteiger partial charge >= 0.3 is 0 Å². The third-order valence-corrected chi connectivity index (χ3v) is 3.02. The van der Waals surface area contributed by atoms with Gasteiger partial charge in [-0.3, -0.25) is 0 Å². The molecule has 14 heavy (non-hydrogen) atoms. The zero-order chi connectivity index (χ0) is 9.80. The van der Waals surface area contributed by atoms with E-state index in [1.807, 2.05) is 0 Å². The molecule has 0 spiro atoms. The maximum Gasteiger partial charge on any atom is 0.115 e. The first-order valence-electron chi connectivity index (χ1n) is 5.31. The molecule has 3 nitrogen and oxygen atoms in total. The molecule has 1 atom stereocenters. The van der Waals surface area contributed by atoms with Crippen LogP contribution in [0.2, 0.25) is 0 Å². The summed E-state index contributed by atoms with van der Waals surface area (Å²) in [5, 5.41) is 10.1. The van der Waals surface area contributed by atoms with Crippen molar-refractivity contribution < 1.29 is 5.11 Å². The quantitative estimate of drug-likeness (QED) is 0.780. The highest BCUT2D eigenvalue weighted by Crippen LogP contribution is 2.33. The van der Waals surface area contributed by atoms with Gasteiger partial charge in [-0.05, 0) is 18.8 Å². The molecule has 0 radical (unpaired) electrons. The fourth-order valence-electron chi connectivity index (χ4n) is 2.19. The minimum Gasteiger partial charge on any atom is -0.388 e. The van der Waals surface area contributed by atoms with Crippen molar-refractivity contribution in [3.8, 4) is 0 Å². The van der Waals surface area contributed by atoms with Crippen molar-refractivity contribution in [1.82, 2.24) is 9.97 Å². The summed E-state index contributed by atoms with van der Waals surface area (Å²) in [6.45, 7) is 0. The molecule has 0 aromatic carbocycles. The molecule has 0 saturated heterocycles. The van der Waals surface area contributed by atoms with Crippen molar-refractivity contribution in [2.45, 2.75) is 38.2 Å². The van der Waals surface area contributed by atoms with E-state index >= 15 is 0 Å². The van der Waals surface area contributed by atoms with E-state index in [9.17, 15) is 5.11 Å². The average Bonchev–Trinajstić information content (AvgIpc) is 2.30. The zero-order valence-corrected chi connectivity index (χ0v) is 8.26. The molecule has 3 heteroatoms. The standard InChI is InChI=1S/C11H16N2O/c14-11(9-4-2-1-3-5-9)10-6-12-8-13-7-10/h6-9,11,14H,1-5H2. The highest BCUT2D eigenvalue weighted by atomic mass is 16.3. The Morgan fingerprint density at radius 1 is 1.14 bits per heavy atom. The van der Waals surface area contributed by atoms with Crippen molar-refractivity contribution in [3.63, 3.8) is 0 Å². The van der Waals surface area contributed by atoms with E-state index in [0.29, 0.717) is 5.92 Å². The Balaban J connectivity index is 2.03. The molecular formula is C11H16N2O. The molecule has 1 aromatic rings. The van der Waals surface area contributed by atoms with Gasteiger partial charge in [0.1, 0.15) is 6.33 Å². The van der Waals surface area contributed by atoms with Gasteiger partial charge in [0.15, 0.2) is 0 Å². The number of hydrogen-bond acceptors (Lipinski definition) is 3. The van der Waals surface area contributed by atoms with Gasteiger partial charge in [-0.25, -0.2) is 9.97 Å². The summed E-state index contributed by atoms with van der Waals surface area (Å²) >= 11 is 0. The second-order valence-corrected chi connectivity index (χ2v) is 4.01. The predicted octanol–water partition coefficient (Wildman–Crippen LogP) is 2.09. The highest BCUT2D eigenvalue weighted by Gasteiger charge is 2.23. The van der Waals surface area contributed by atoms with Crippen molar-refractivity contribution in [3.05, 3.63) is 24.3 Å². The van der Waals surface area contributed by atoms with Crippen molar-refractivity contribution in [2.24, 2.45) is 5.92 Å². The molecule has 0 amide bonds. The maximum absolute atomic E-state index is 10.1. The van der Waals surface area contributed by atoms with Gasteiger partial charge in [-0.1, -0.05) is 19.3 Å². The van der Waals surface area contributed by atoms with Gasteiger partial charge in [0.25, 0.3) is 0 Å². The Morgan fingerprint density at radius 2 is 1.79 bits per heavy atom. The molecule has 1 unspecified atom stereocenters. The van der Waals surface area contributed by atoms with Crippen LogP contribution in [-0.2, 0) is 0 Å². The van der Waals surface area contributed by atoms with Gasteiger partial charge in [0, 0.05) is 18.0 Å². The first-order valence-corrected chi connectivity index (χ1v) is 5.31. The molecule has 1 aliphatic carbocycles. The SMILES string of the molecule is OC(c1cncnc1)C1CCCCC1. The van der Waals surface area contributed by atoms with Crippen LogP contribution in [-0.4, -0.2) is 15.1 Å². The number of aliphatic hydroxyl groups is 1. The van der Waals surface area contributed by atoms with Crippen LogP contribution in [0.3, 0.4) is 0 Å². The smallest absolute Gasteiger partial charge is 0.115 e. The first-order chi connectivity index (χ1) is 6.88. The van der Waals surface area contributed by atoms with E-state index in [-0.39, 0.29) is 6.10 Å². The molecule has 0 aliphatic heterocycles.